The van der Waals surface area contributed by atoms with Crippen molar-refractivity contribution < 1.29 is 9.53 Å². The Kier molecular flexibility index (Phi) is 7.30. The lowest BCUT2D eigenvalue weighted by Crippen LogP contribution is -2.42. The van der Waals surface area contributed by atoms with E-state index in [-0.39, 0.29) is 12.0 Å². The SMILES string of the molecule is CN(Cc1ccccc1)c1ccc(Cl)c(-c2ccnc3[nH]c(C4CCCN(C(=O)OC(C)(C)C)C4)cc23)n1. The summed E-state index contributed by atoms with van der Waals surface area (Å²) in [5.74, 6) is 1.01. The van der Waals surface area contributed by atoms with Gasteiger partial charge in [-0.2, -0.15) is 0 Å². The Morgan fingerprint density at radius 2 is 1.97 bits per heavy atom. The Bertz CT molecular complexity index is 1430. The first-order chi connectivity index (χ1) is 18.2. The Morgan fingerprint density at radius 1 is 1.18 bits per heavy atom. The molecule has 4 heterocycles. The number of nitrogens with zero attached hydrogens (tertiary/aromatic N) is 4. The molecule has 4 aromatic rings. The van der Waals surface area contributed by atoms with Crippen LogP contribution in [0.1, 0.15) is 50.8 Å². The number of carbonyl (C=O) groups is 1. The van der Waals surface area contributed by atoms with Crippen LogP contribution in [0.4, 0.5) is 10.6 Å². The first-order valence-corrected chi connectivity index (χ1v) is 13.4. The summed E-state index contributed by atoms with van der Waals surface area (Å²) in [4.78, 5) is 29.7. The lowest BCUT2D eigenvalue weighted by molar-refractivity contribution is 0.0197. The third-order valence-electron chi connectivity index (χ3n) is 6.81. The van der Waals surface area contributed by atoms with E-state index in [2.05, 4.69) is 33.1 Å². The number of H-pyrrole nitrogens is 1. The average Bonchev–Trinajstić information content (AvgIpc) is 3.33. The second-order valence-corrected chi connectivity index (χ2v) is 11.4. The lowest BCUT2D eigenvalue weighted by atomic mass is 9.94. The number of anilines is 1. The number of piperidine rings is 1. The van der Waals surface area contributed by atoms with E-state index in [4.69, 9.17) is 21.3 Å². The summed E-state index contributed by atoms with van der Waals surface area (Å²) in [6, 6.07) is 18.3. The molecule has 1 N–H and O–H groups in total. The number of amides is 1. The summed E-state index contributed by atoms with van der Waals surface area (Å²) >= 11 is 6.69. The molecule has 0 spiro atoms. The summed E-state index contributed by atoms with van der Waals surface area (Å²) < 4.78 is 5.62. The van der Waals surface area contributed by atoms with Crippen LogP contribution in [0.2, 0.25) is 5.02 Å². The van der Waals surface area contributed by atoms with Gasteiger partial charge in [-0.05, 0) is 63.4 Å². The average molecular weight is 532 g/mol. The quantitative estimate of drug-likeness (QED) is 0.299. The zero-order valence-corrected chi connectivity index (χ0v) is 23.1. The Labute approximate surface area is 228 Å². The van der Waals surface area contributed by atoms with Crippen molar-refractivity contribution in [2.45, 2.75) is 51.7 Å². The molecule has 38 heavy (non-hydrogen) atoms. The van der Waals surface area contributed by atoms with Gasteiger partial charge >= 0.3 is 6.09 Å². The summed E-state index contributed by atoms with van der Waals surface area (Å²) in [6.07, 6.45) is 3.43. The van der Waals surface area contributed by atoms with Crippen LogP contribution in [0.5, 0.6) is 0 Å². The predicted octanol–water partition coefficient (Wildman–Crippen LogP) is 7.03. The van der Waals surface area contributed by atoms with Crippen molar-refractivity contribution in [2.75, 3.05) is 25.0 Å². The van der Waals surface area contributed by atoms with Crippen molar-refractivity contribution in [1.82, 2.24) is 19.9 Å². The van der Waals surface area contributed by atoms with Crippen molar-refractivity contribution in [3.8, 4) is 11.3 Å². The van der Waals surface area contributed by atoms with Gasteiger partial charge in [0.1, 0.15) is 17.1 Å². The number of benzene rings is 1. The molecular weight excluding hydrogens is 498 g/mol. The maximum absolute atomic E-state index is 12.7. The van der Waals surface area contributed by atoms with E-state index in [1.54, 1.807) is 6.20 Å². The van der Waals surface area contributed by atoms with Gasteiger partial charge in [0.25, 0.3) is 0 Å². The van der Waals surface area contributed by atoms with Gasteiger partial charge in [-0.3, -0.25) is 0 Å². The van der Waals surface area contributed by atoms with Crippen molar-refractivity contribution >= 4 is 34.5 Å². The van der Waals surface area contributed by atoms with Gasteiger partial charge in [-0.15, -0.1) is 0 Å². The Hall–Kier alpha value is -3.58. The smallest absolute Gasteiger partial charge is 0.410 e. The lowest BCUT2D eigenvalue weighted by Gasteiger charge is -2.33. The number of rotatable bonds is 5. The molecule has 1 amide bonds. The summed E-state index contributed by atoms with van der Waals surface area (Å²) in [5.41, 5.74) is 4.19. The molecule has 0 bridgehead atoms. The molecule has 1 atom stereocenters. The highest BCUT2D eigenvalue weighted by Crippen LogP contribution is 2.36. The zero-order valence-electron chi connectivity index (χ0n) is 22.4. The van der Waals surface area contributed by atoms with E-state index in [1.807, 2.05) is 69.1 Å². The molecule has 1 saturated heterocycles. The molecule has 1 aliphatic rings. The van der Waals surface area contributed by atoms with Crippen molar-refractivity contribution in [3.63, 3.8) is 0 Å². The Morgan fingerprint density at radius 3 is 2.74 bits per heavy atom. The van der Waals surface area contributed by atoms with Gasteiger partial charge in [0.2, 0.25) is 0 Å². The van der Waals surface area contributed by atoms with Gasteiger partial charge < -0.3 is 19.5 Å². The minimum atomic E-state index is -0.514. The van der Waals surface area contributed by atoms with E-state index in [0.29, 0.717) is 18.1 Å². The number of likely N-dealkylation sites (tertiary alicyclic amines) is 1. The normalized spacial score (nSPS) is 16.0. The van der Waals surface area contributed by atoms with E-state index in [9.17, 15) is 4.79 Å². The summed E-state index contributed by atoms with van der Waals surface area (Å²) in [7, 11) is 2.03. The van der Waals surface area contributed by atoms with Crippen molar-refractivity contribution in [3.05, 3.63) is 77.1 Å². The highest BCUT2D eigenvalue weighted by molar-refractivity contribution is 6.33. The Balaban J connectivity index is 1.42. The number of ether oxygens (including phenoxy) is 1. The molecule has 1 aliphatic heterocycles. The van der Waals surface area contributed by atoms with Crippen LogP contribution in [0.25, 0.3) is 22.3 Å². The van der Waals surface area contributed by atoms with Crippen molar-refractivity contribution in [2.24, 2.45) is 0 Å². The molecule has 7 nitrogen and oxygen atoms in total. The monoisotopic (exact) mass is 531 g/mol. The fourth-order valence-corrected chi connectivity index (χ4v) is 5.18. The van der Waals surface area contributed by atoms with Crippen molar-refractivity contribution in [1.29, 1.82) is 0 Å². The number of nitrogens with one attached hydrogen (secondary N) is 1. The zero-order chi connectivity index (χ0) is 26.9. The van der Waals surface area contributed by atoms with Gasteiger partial charge in [-0.25, -0.2) is 14.8 Å². The van der Waals surface area contributed by atoms with Gasteiger partial charge in [0.05, 0.1) is 10.7 Å². The molecule has 1 fully saturated rings. The molecular formula is C30H34ClN5O2. The van der Waals surface area contributed by atoms with Crippen LogP contribution in [0.3, 0.4) is 0 Å². The second-order valence-electron chi connectivity index (χ2n) is 11.0. The maximum atomic E-state index is 12.7. The minimum Gasteiger partial charge on any atom is -0.444 e. The van der Waals surface area contributed by atoms with Crippen LogP contribution in [-0.2, 0) is 11.3 Å². The fourth-order valence-electron chi connectivity index (χ4n) is 4.97. The molecule has 5 rings (SSSR count). The summed E-state index contributed by atoms with van der Waals surface area (Å²) in [6.45, 7) is 7.74. The molecule has 0 saturated carbocycles. The maximum Gasteiger partial charge on any atom is 0.410 e. The van der Waals surface area contributed by atoms with E-state index in [1.165, 1.54) is 5.56 Å². The number of halogens is 1. The standard InChI is InChI=1S/C30H34ClN5O2/c1-30(2,3)38-29(37)36-16-8-11-21(19-36)25-17-23-22(14-15-32-28(23)33-25)27-24(31)12-13-26(34-27)35(4)18-20-9-6-5-7-10-20/h5-7,9-10,12-15,17,21H,8,11,16,18-19H2,1-4H3,(H,32,33). The van der Waals surface area contributed by atoms with Gasteiger partial charge in [-0.1, -0.05) is 41.9 Å². The minimum absolute atomic E-state index is 0.171. The number of aromatic nitrogens is 3. The molecule has 1 aromatic carbocycles. The number of fused-ring (bicyclic) bond motifs is 1. The molecule has 1 unspecified atom stereocenters. The van der Waals surface area contributed by atoms with Crippen LogP contribution >= 0.6 is 11.6 Å². The number of carbonyl (C=O) groups excluding carboxylic acids is 1. The van der Waals surface area contributed by atoms with E-state index >= 15 is 0 Å². The largest absolute Gasteiger partial charge is 0.444 e. The van der Waals surface area contributed by atoms with Crippen LogP contribution in [0.15, 0.2) is 60.8 Å². The number of hydrogen-bond acceptors (Lipinski definition) is 5. The first-order valence-electron chi connectivity index (χ1n) is 13.1. The predicted molar refractivity (Wildman–Crippen MR) is 153 cm³/mol. The fraction of sp³-hybridized carbons (Fsp3) is 0.367. The topological polar surface area (TPSA) is 74.4 Å². The number of hydrogen-bond donors (Lipinski definition) is 1. The van der Waals surface area contributed by atoms with E-state index < -0.39 is 5.60 Å². The van der Waals surface area contributed by atoms with E-state index in [0.717, 1.165) is 53.2 Å². The number of pyridine rings is 2. The highest BCUT2D eigenvalue weighted by atomic mass is 35.5. The molecule has 0 radical (unpaired) electrons. The van der Waals surface area contributed by atoms with Crippen LogP contribution in [-0.4, -0.2) is 51.7 Å². The van der Waals surface area contributed by atoms with Crippen LogP contribution < -0.4 is 4.90 Å². The highest BCUT2D eigenvalue weighted by Gasteiger charge is 2.29. The third kappa shape index (κ3) is 5.78. The first kappa shape index (κ1) is 26.0. The summed E-state index contributed by atoms with van der Waals surface area (Å²) in [5, 5.41) is 1.56. The molecule has 3 aromatic heterocycles. The van der Waals surface area contributed by atoms with Gasteiger partial charge in [0, 0.05) is 55.4 Å². The van der Waals surface area contributed by atoms with Crippen LogP contribution in [0, 0.1) is 0 Å². The molecule has 8 heteroatoms. The third-order valence-corrected chi connectivity index (χ3v) is 7.11. The number of aromatic amines is 1. The molecule has 0 aliphatic carbocycles. The second kappa shape index (κ2) is 10.7. The van der Waals surface area contributed by atoms with Gasteiger partial charge in [0.15, 0.2) is 0 Å². The molecule has 198 valence electrons.